The molecule has 2 heterocycles. The number of nitrogens with zero attached hydrogens (tertiary/aromatic N) is 3. The number of nitrogens with one attached hydrogen (secondary N) is 1. The predicted octanol–water partition coefficient (Wildman–Crippen LogP) is 5.13. The zero-order valence-electron chi connectivity index (χ0n) is 19.4. The number of aryl methyl sites for hydroxylation is 1. The van der Waals surface area contributed by atoms with Crippen molar-refractivity contribution in [1.82, 2.24) is 19.9 Å². The Morgan fingerprint density at radius 3 is 2.91 bits per heavy atom. The number of benzene rings is 1. The number of para-hydroxylation sites is 1. The first-order valence-electron chi connectivity index (χ1n) is 11.9. The summed E-state index contributed by atoms with van der Waals surface area (Å²) in [7, 11) is 0. The van der Waals surface area contributed by atoms with Crippen molar-refractivity contribution in [3.63, 3.8) is 0 Å². The first-order chi connectivity index (χ1) is 15.4. The summed E-state index contributed by atoms with van der Waals surface area (Å²) in [5.41, 5.74) is 8.75. The number of nitrogen functional groups attached to an aromatic ring is 1. The van der Waals surface area contributed by atoms with Crippen molar-refractivity contribution in [2.24, 2.45) is 17.8 Å². The minimum absolute atomic E-state index is 0.0309. The zero-order valence-corrected chi connectivity index (χ0v) is 19.4. The van der Waals surface area contributed by atoms with Gasteiger partial charge in [0, 0.05) is 18.5 Å². The van der Waals surface area contributed by atoms with Crippen molar-refractivity contribution in [3.05, 3.63) is 30.6 Å². The van der Waals surface area contributed by atoms with Crippen LogP contribution in [0.5, 0.6) is 0 Å². The molecule has 0 bridgehead atoms. The Kier molecular flexibility index (Phi) is 6.82. The maximum atomic E-state index is 12.4. The van der Waals surface area contributed by atoms with Gasteiger partial charge in [0.15, 0.2) is 5.82 Å². The summed E-state index contributed by atoms with van der Waals surface area (Å²) in [6.07, 6.45) is 6.69. The quantitative estimate of drug-likeness (QED) is 0.499. The topological polar surface area (TPSA) is 95.1 Å². The summed E-state index contributed by atoms with van der Waals surface area (Å²) >= 11 is 0. The van der Waals surface area contributed by atoms with Crippen LogP contribution in [0.3, 0.4) is 0 Å². The maximum absolute atomic E-state index is 12.4. The van der Waals surface area contributed by atoms with Crippen LogP contribution >= 0.6 is 0 Å². The smallest absolute Gasteiger partial charge is 0.407 e. The van der Waals surface area contributed by atoms with E-state index < -0.39 is 0 Å². The number of ether oxygens (including phenoxy) is 1. The molecule has 1 aliphatic rings. The van der Waals surface area contributed by atoms with Gasteiger partial charge in [0.1, 0.15) is 11.6 Å². The molecule has 2 aromatic heterocycles. The molecule has 1 aromatic carbocycles. The number of nitrogens with two attached hydrogens (primary N) is 1. The largest absolute Gasteiger partial charge is 0.446 e. The van der Waals surface area contributed by atoms with Crippen molar-refractivity contribution < 1.29 is 9.53 Å². The number of unbranched alkanes of at least 4 members (excludes halogenated alkanes) is 1. The standard InChI is InChI=1S/C25H35N5O2/c1-16(2)18-11-10-17(3)14-21(18)32-25(31)27-12-6-7-13-30-15-28-22-23(30)19-8-4-5-9-20(19)29-24(22)26/h4-5,8-9,15-18,21H,6-7,10-14H2,1-3H3,(H2,26,29)(H,27,31)/t17-,18+,21-/m1/s1. The predicted molar refractivity (Wildman–Crippen MR) is 128 cm³/mol. The van der Waals surface area contributed by atoms with Crippen LogP contribution < -0.4 is 11.1 Å². The van der Waals surface area contributed by atoms with Gasteiger partial charge in [-0.05, 0) is 49.5 Å². The summed E-state index contributed by atoms with van der Waals surface area (Å²) in [6, 6.07) is 7.98. The van der Waals surface area contributed by atoms with Gasteiger partial charge in [0.05, 0.1) is 17.4 Å². The lowest BCUT2D eigenvalue weighted by atomic mass is 9.75. The molecule has 4 rings (SSSR count). The number of carbonyl (C=O) groups is 1. The van der Waals surface area contributed by atoms with Crippen LogP contribution in [0, 0.1) is 17.8 Å². The van der Waals surface area contributed by atoms with E-state index in [1.165, 1.54) is 6.42 Å². The minimum atomic E-state index is -0.285. The van der Waals surface area contributed by atoms with Gasteiger partial charge >= 0.3 is 6.09 Å². The molecule has 32 heavy (non-hydrogen) atoms. The average molecular weight is 438 g/mol. The lowest BCUT2D eigenvalue weighted by Gasteiger charge is -2.36. The first-order valence-corrected chi connectivity index (χ1v) is 11.9. The third kappa shape index (κ3) is 4.81. The number of pyridine rings is 1. The van der Waals surface area contributed by atoms with Gasteiger partial charge in [-0.25, -0.2) is 14.8 Å². The van der Waals surface area contributed by atoms with Crippen molar-refractivity contribution in [3.8, 4) is 0 Å². The van der Waals surface area contributed by atoms with Crippen LogP contribution in [-0.4, -0.2) is 33.3 Å². The molecule has 1 aliphatic carbocycles. The molecule has 0 aliphatic heterocycles. The molecular formula is C25H35N5O2. The normalized spacial score (nSPS) is 21.3. The summed E-state index contributed by atoms with van der Waals surface area (Å²) in [6.45, 7) is 8.10. The fraction of sp³-hybridized carbons (Fsp3) is 0.560. The SMILES string of the molecule is CC(C)[C@@H]1CC[C@@H](C)C[C@H]1OC(=O)NCCCCn1cnc2c(N)nc3ccccc3c21. The highest BCUT2D eigenvalue weighted by atomic mass is 16.6. The van der Waals surface area contributed by atoms with E-state index in [0.29, 0.717) is 30.1 Å². The van der Waals surface area contributed by atoms with Crippen LogP contribution in [-0.2, 0) is 11.3 Å². The van der Waals surface area contributed by atoms with Crippen LogP contribution in [0.25, 0.3) is 21.9 Å². The second-order valence-electron chi connectivity index (χ2n) is 9.55. The number of imidazole rings is 1. The Labute approximate surface area is 189 Å². The fourth-order valence-electron chi connectivity index (χ4n) is 5.00. The Balaban J connectivity index is 1.29. The van der Waals surface area contributed by atoms with E-state index in [1.807, 2.05) is 24.5 Å². The number of alkyl carbamates (subject to hydrolysis) is 1. The van der Waals surface area contributed by atoms with Crippen molar-refractivity contribution in [2.45, 2.75) is 65.5 Å². The van der Waals surface area contributed by atoms with E-state index in [2.05, 4.69) is 46.7 Å². The Hall–Kier alpha value is -2.83. The molecule has 1 saturated carbocycles. The van der Waals surface area contributed by atoms with Crippen LogP contribution in [0.1, 0.15) is 52.9 Å². The zero-order chi connectivity index (χ0) is 22.7. The van der Waals surface area contributed by atoms with Gasteiger partial charge in [-0.2, -0.15) is 0 Å². The van der Waals surface area contributed by atoms with Gasteiger partial charge in [-0.15, -0.1) is 0 Å². The molecule has 7 heteroatoms. The lowest BCUT2D eigenvalue weighted by Crippen LogP contribution is -2.39. The molecule has 0 radical (unpaired) electrons. The third-order valence-corrected chi connectivity index (χ3v) is 6.80. The first kappa shape index (κ1) is 22.4. The third-order valence-electron chi connectivity index (χ3n) is 6.80. The maximum Gasteiger partial charge on any atom is 0.407 e. The van der Waals surface area contributed by atoms with E-state index in [0.717, 1.165) is 54.2 Å². The van der Waals surface area contributed by atoms with Crippen molar-refractivity contribution in [1.29, 1.82) is 0 Å². The van der Waals surface area contributed by atoms with Gasteiger partial charge < -0.3 is 20.4 Å². The number of rotatable bonds is 7. The van der Waals surface area contributed by atoms with E-state index >= 15 is 0 Å². The number of anilines is 1. The summed E-state index contributed by atoms with van der Waals surface area (Å²) in [5, 5.41) is 4.00. The highest BCUT2D eigenvalue weighted by molar-refractivity contribution is 6.06. The average Bonchev–Trinajstić information content (AvgIpc) is 3.18. The van der Waals surface area contributed by atoms with Crippen molar-refractivity contribution in [2.75, 3.05) is 12.3 Å². The highest BCUT2D eigenvalue weighted by Crippen LogP contribution is 2.35. The Morgan fingerprint density at radius 2 is 2.09 bits per heavy atom. The molecule has 1 amide bonds. The molecule has 0 saturated heterocycles. The number of aromatic nitrogens is 3. The monoisotopic (exact) mass is 437 g/mol. The molecule has 1 fully saturated rings. The van der Waals surface area contributed by atoms with Crippen molar-refractivity contribution >= 4 is 33.8 Å². The lowest BCUT2D eigenvalue weighted by molar-refractivity contribution is 0.00622. The fourth-order valence-corrected chi connectivity index (χ4v) is 5.00. The molecule has 0 unspecified atom stereocenters. The molecule has 7 nitrogen and oxygen atoms in total. The van der Waals surface area contributed by atoms with Gasteiger partial charge in [-0.3, -0.25) is 0 Å². The van der Waals surface area contributed by atoms with Gasteiger partial charge in [0.25, 0.3) is 0 Å². The Morgan fingerprint density at radius 1 is 1.28 bits per heavy atom. The van der Waals surface area contributed by atoms with E-state index in [9.17, 15) is 4.79 Å². The van der Waals surface area contributed by atoms with Crippen LogP contribution in [0.2, 0.25) is 0 Å². The number of carbonyl (C=O) groups excluding carboxylic acids is 1. The second kappa shape index (κ2) is 9.76. The Bertz CT molecular complexity index is 1080. The van der Waals surface area contributed by atoms with E-state index in [-0.39, 0.29) is 12.2 Å². The summed E-state index contributed by atoms with van der Waals surface area (Å²) in [4.78, 5) is 21.3. The van der Waals surface area contributed by atoms with Crippen LogP contribution in [0.15, 0.2) is 30.6 Å². The molecule has 3 N–H and O–H groups in total. The molecule has 3 atom stereocenters. The van der Waals surface area contributed by atoms with Crippen LogP contribution in [0.4, 0.5) is 10.6 Å². The molecule has 172 valence electrons. The second-order valence-corrected chi connectivity index (χ2v) is 9.55. The summed E-state index contributed by atoms with van der Waals surface area (Å²) in [5.74, 6) is 2.07. The number of hydrogen-bond acceptors (Lipinski definition) is 5. The number of hydrogen-bond donors (Lipinski definition) is 2. The summed E-state index contributed by atoms with van der Waals surface area (Å²) < 4.78 is 7.95. The minimum Gasteiger partial charge on any atom is -0.446 e. The van der Waals surface area contributed by atoms with Gasteiger partial charge in [0.2, 0.25) is 0 Å². The molecular weight excluding hydrogens is 402 g/mol. The van der Waals surface area contributed by atoms with E-state index in [4.69, 9.17) is 10.5 Å². The molecule has 0 spiro atoms. The number of fused-ring (bicyclic) bond motifs is 3. The van der Waals surface area contributed by atoms with Gasteiger partial charge in [-0.1, -0.05) is 45.4 Å². The number of amides is 1. The highest BCUT2D eigenvalue weighted by Gasteiger charge is 2.33. The molecule has 3 aromatic rings. The van der Waals surface area contributed by atoms with E-state index in [1.54, 1.807) is 0 Å².